The van der Waals surface area contributed by atoms with E-state index in [0.29, 0.717) is 36.9 Å². The SMILES string of the molecule is C=C=C=C=C=C=C=C=C=C=C=C=C=C=C=C=C=C=C=C=C=C=C=C=C=C=C=C.CNc1ccc2c(c1)N(C(=O)OC(C)(C)C)CCCO2.O=[N+]([O-])c1ccc2c(c1)NCCCO2. The van der Waals surface area contributed by atoms with Crippen molar-refractivity contribution in [2.75, 3.05) is 48.9 Å². The molecule has 2 heterocycles. The van der Waals surface area contributed by atoms with Gasteiger partial charge in [0.1, 0.15) is 17.1 Å². The van der Waals surface area contributed by atoms with E-state index in [1.54, 1.807) is 11.0 Å². The summed E-state index contributed by atoms with van der Waals surface area (Å²) in [5.74, 6) is 1.40. The number of anilines is 3. The minimum atomic E-state index is -0.509. The fraction of sp³-hybridized carbons (Fsp3) is 0.212. The number of nitrogens with zero attached hydrogens (tertiary/aromatic N) is 2. The summed E-state index contributed by atoms with van der Waals surface area (Å²) in [6, 6.07) is 10.3. The Balaban J connectivity index is 0.000000337. The van der Waals surface area contributed by atoms with Gasteiger partial charge in [-0.25, -0.2) is 4.79 Å². The number of hydrogen-bond acceptors (Lipinski definition) is 8. The van der Waals surface area contributed by atoms with Gasteiger partial charge in [0, 0.05) is 83.8 Å². The van der Waals surface area contributed by atoms with Gasteiger partial charge in [-0.15, -0.1) is 0 Å². The Morgan fingerprint density at radius 3 is 1.56 bits per heavy atom. The zero-order chi connectivity index (χ0) is 45.1. The van der Waals surface area contributed by atoms with Gasteiger partial charge >= 0.3 is 6.09 Å². The van der Waals surface area contributed by atoms with E-state index in [-0.39, 0.29) is 11.8 Å². The molecule has 0 atom stereocenters. The number of fused-ring (bicyclic) bond motifs is 2. The van der Waals surface area contributed by atoms with E-state index in [1.165, 1.54) is 12.1 Å². The van der Waals surface area contributed by atoms with Gasteiger partial charge in [0.15, 0.2) is 0 Å². The lowest BCUT2D eigenvalue weighted by atomic mass is 10.2. The first kappa shape index (κ1) is 48.5. The number of hydrogen-bond donors (Lipinski definition) is 2. The van der Waals surface area contributed by atoms with Crippen molar-refractivity contribution in [1.29, 1.82) is 0 Å². The number of carbonyl (C=O) groups excluding carboxylic acids is 1. The molecule has 0 bridgehead atoms. The summed E-state index contributed by atoms with van der Waals surface area (Å²) in [6.45, 7) is 14.8. The average Bonchev–Trinajstić information content (AvgIpc) is 3.63. The molecule has 10 nitrogen and oxygen atoms in total. The van der Waals surface area contributed by atoms with Crippen molar-refractivity contribution in [1.82, 2.24) is 0 Å². The molecule has 300 valence electrons. The van der Waals surface area contributed by atoms with E-state index < -0.39 is 10.5 Å². The third-order valence-corrected chi connectivity index (χ3v) is 6.62. The Labute approximate surface area is 359 Å². The highest BCUT2D eigenvalue weighted by Crippen LogP contribution is 2.34. The predicted octanol–water partition coefficient (Wildman–Crippen LogP) is 9.88. The Bertz CT molecular complexity index is 2940. The first-order valence-electron chi connectivity index (χ1n) is 18.2. The van der Waals surface area contributed by atoms with Crippen LogP contribution < -0.4 is 25.0 Å². The molecule has 1 amide bonds. The van der Waals surface area contributed by atoms with Crippen molar-refractivity contribution < 1.29 is 23.9 Å². The number of nitro benzene ring substituents is 1. The molecular weight excluding hydrogens is 777 g/mol. The van der Waals surface area contributed by atoms with Gasteiger partial charge in [-0.1, -0.05) is 11.5 Å². The van der Waals surface area contributed by atoms with Crippen LogP contribution in [-0.2, 0) is 4.74 Å². The van der Waals surface area contributed by atoms with Gasteiger partial charge < -0.3 is 24.8 Å². The Morgan fingerprint density at radius 1 is 0.694 bits per heavy atom. The van der Waals surface area contributed by atoms with Crippen LogP contribution in [0.1, 0.15) is 33.6 Å². The summed E-state index contributed by atoms with van der Waals surface area (Å²) in [6.07, 6.45) is 1.35. The van der Waals surface area contributed by atoms with Crippen molar-refractivity contribution in [3.63, 3.8) is 0 Å². The minimum absolute atomic E-state index is 0.0850. The third-order valence-electron chi connectivity index (χ3n) is 6.62. The number of benzene rings is 2. The number of carbonyl (C=O) groups is 1. The molecule has 4 rings (SSSR count). The van der Waals surface area contributed by atoms with Crippen molar-refractivity contribution in [2.24, 2.45) is 0 Å². The zero-order valence-corrected chi connectivity index (χ0v) is 34.5. The quantitative estimate of drug-likeness (QED) is 0.175. The second-order valence-electron chi connectivity index (χ2n) is 12.2. The van der Waals surface area contributed by atoms with Crippen LogP contribution in [0.4, 0.5) is 27.5 Å². The fourth-order valence-corrected chi connectivity index (χ4v) is 4.19. The molecule has 2 aliphatic rings. The molecule has 10 heteroatoms. The smallest absolute Gasteiger partial charge is 0.414 e. The van der Waals surface area contributed by atoms with Gasteiger partial charge in [0.2, 0.25) is 0 Å². The third kappa shape index (κ3) is 21.6. The zero-order valence-electron chi connectivity index (χ0n) is 34.5. The molecule has 2 aromatic rings. The number of amides is 1. The van der Waals surface area contributed by atoms with Gasteiger partial charge in [-0.05, 0) is 163 Å². The first-order valence-corrected chi connectivity index (χ1v) is 18.2. The summed E-state index contributed by atoms with van der Waals surface area (Å²) in [5, 5.41) is 16.7. The highest BCUT2D eigenvalue weighted by Gasteiger charge is 2.27. The van der Waals surface area contributed by atoms with Crippen LogP contribution >= 0.6 is 0 Å². The maximum absolute atomic E-state index is 12.4. The number of rotatable bonds is 2. The predicted molar refractivity (Wildman–Crippen MR) is 234 cm³/mol. The highest BCUT2D eigenvalue weighted by molar-refractivity contribution is 5.91. The monoisotopic (exact) mass is 812 g/mol. The maximum Gasteiger partial charge on any atom is 0.414 e. The maximum atomic E-state index is 12.4. The van der Waals surface area contributed by atoms with Crippen molar-refractivity contribution in [3.05, 3.63) is 209 Å². The number of non-ortho nitro benzene ring substituents is 1. The first-order chi connectivity index (χ1) is 30.1. The van der Waals surface area contributed by atoms with Crippen LogP contribution in [0.2, 0.25) is 0 Å². The second-order valence-corrected chi connectivity index (χ2v) is 12.2. The molecule has 0 aromatic heterocycles. The normalized spacial score (nSPS) is 9.84. The van der Waals surface area contributed by atoms with E-state index in [2.05, 4.69) is 173 Å². The molecule has 0 saturated carbocycles. The van der Waals surface area contributed by atoms with Crippen LogP contribution in [0.5, 0.6) is 11.5 Å². The Morgan fingerprint density at radius 2 is 1.13 bits per heavy atom. The van der Waals surface area contributed by atoms with Crippen molar-refractivity contribution in [3.8, 4) is 11.5 Å². The van der Waals surface area contributed by atoms with Crippen LogP contribution in [0.15, 0.2) is 199 Å². The molecule has 0 fully saturated rings. The molecule has 0 radical (unpaired) electrons. The van der Waals surface area contributed by atoms with E-state index in [1.807, 2.05) is 46.0 Å². The molecule has 2 aliphatic heterocycles. The van der Waals surface area contributed by atoms with E-state index in [9.17, 15) is 14.9 Å². The molecule has 2 aromatic carbocycles. The minimum Gasteiger partial charge on any atom is -0.491 e. The molecule has 0 spiro atoms. The summed E-state index contributed by atoms with van der Waals surface area (Å²) in [4.78, 5) is 24.1. The standard InChI is InChI=1S/C28H4.C15H22N2O3.C9H10N2O3/c1-3-5-7-9-11-13-15-17-19-21-23-25-27-28-26-24-22-20-18-16-14-12-10-8-6-4-2;1-15(2,3)20-14(18)17-8-5-9-19-13-7-6-11(16-4)10-12(13)17;12-11(13)7-2-3-9-8(6-7)10-4-1-5-14-9/h1-2H2;6-7,10,16H,5,8-9H2,1-4H3;2-3,6,10H,1,4-5H2. The van der Waals surface area contributed by atoms with E-state index >= 15 is 0 Å². The molecule has 2 N–H and O–H groups in total. The topological polar surface area (TPSA) is 115 Å². The molecule has 62 heavy (non-hydrogen) atoms. The average molecular weight is 813 g/mol. The number of nitro groups is 1. The largest absolute Gasteiger partial charge is 0.491 e. The van der Waals surface area contributed by atoms with Crippen LogP contribution in [0.25, 0.3) is 0 Å². The summed E-state index contributed by atoms with van der Waals surface area (Å²) in [5.41, 5.74) is 66.4. The number of ether oxygens (including phenoxy) is 3. The second kappa shape index (κ2) is 29.6. The fourth-order valence-electron chi connectivity index (χ4n) is 4.19. The lowest BCUT2D eigenvalue weighted by Gasteiger charge is -2.27. The summed E-state index contributed by atoms with van der Waals surface area (Å²) < 4.78 is 16.6. The van der Waals surface area contributed by atoms with Gasteiger partial charge in [-0.2, -0.15) is 0 Å². The van der Waals surface area contributed by atoms with E-state index in [4.69, 9.17) is 14.2 Å². The molecule has 0 aliphatic carbocycles. The van der Waals surface area contributed by atoms with Crippen LogP contribution in [0.3, 0.4) is 0 Å². The lowest BCUT2D eigenvalue weighted by molar-refractivity contribution is -0.384. The number of nitrogens with one attached hydrogen (secondary N) is 2. The highest BCUT2D eigenvalue weighted by atomic mass is 16.6. The molecule has 0 saturated heterocycles. The van der Waals surface area contributed by atoms with Gasteiger partial charge in [-0.3, -0.25) is 15.0 Å². The summed E-state index contributed by atoms with van der Waals surface area (Å²) >= 11 is 0. The van der Waals surface area contributed by atoms with Crippen molar-refractivity contribution in [2.45, 2.75) is 39.2 Å². The molecular formula is C52H36N4O6. The lowest BCUT2D eigenvalue weighted by Crippen LogP contribution is -2.37. The van der Waals surface area contributed by atoms with Crippen molar-refractivity contribution >= 4 is 28.8 Å². The molecule has 0 unspecified atom stereocenters. The van der Waals surface area contributed by atoms with Gasteiger partial charge in [0.05, 0.1) is 29.5 Å². The summed E-state index contributed by atoms with van der Waals surface area (Å²) in [7, 11) is 1.84. The van der Waals surface area contributed by atoms with Crippen LogP contribution in [0, 0.1) is 10.1 Å². The van der Waals surface area contributed by atoms with E-state index in [0.717, 1.165) is 30.8 Å². The Kier molecular flexibility index (Phi) is 23.1. The Hall–Kier alpha value is -9.67. The van der Waals surface area contributed by atoms with Gasteiger partial charge in [0.25, 0.3) is 5.69 Å². The van der Waals surface area contributed by atoms with Crippen LogP contribution in [-0.4, -0.2) is 50.0 Å².